The van der Waals surface area contributed by atoms with E-state index in [2.05, 4.69) is 0 Å². The Morgan fingerprint density at radius 3 is 2.64 bits per heavy atom. The van der Waals surface area contributed by atoms with Gasteiger partial charge in [0.2, 0.25) is 0 Å². The normalized spacial score (nSPS) is 15.6. The van der Waals surface area contributed by atoms with Crippen molar-refractivity contribution in [3.63, 3.8) is 0 Å². The number of nitrogens with one attached hydrogen (secondary N) is 1. The summed E-state index contributed by atoms with van der Waals surface area (Å²) in [6, 6.07) is 6.53. The second-order valence-electron chi connectivity index (χ2n) is 5.60. The molecule has 1 aromatic carbocycles. The van der Waals surface area contributed by atoms with Crippen molar-refractivity contribution in [2.45, 2.75) is 25.7 Å². The first-order chi connectivity index (χ1) is 10.8. The van der Waals surface area contributed by atoms with Crippen LogP contribution in [0.5, 0.6) is 5.75 Å². The summed E-state index contributed by atoms with van der Waals surface area (Å²) in [7, 11) is 0. The molecule has 1 heterocycles. The number of hydrogen-bond acceptors (Lipinski definition) is 4. The third-order valence-electron chi connectivity index (χ3n) is 3.94. The number of quaternary nitrogens is 1. The number of nitro benzene ring substituents is 1. The zero-order valence-electron chi connectivity index (χ0n) is 13.0. The molecule has 122 valence electrons. The van der Waals surface area contributed by atoms with Crippen LogP contribution in [0.1, 0.15) is 25.7 Å². The van der Waals surface area contributed by atoms with Gasteiger partial charge in [-0.2, -0.15) is 0 Å². The van der Waals surface area contributed by atoms with Gasteiger partial charge in [0.25, 0.3) is 0 Å². The van der Waals surface area contributed by atoms with Gasteiger partial charge in [0.1, 0.15) is 13.1 Å². The molecule has 1 aromatic rings. The van der Waals surface area contributed by atoms with Crippen molar-refractivity contribution >= 4 is 5.69 Å². The molecule has 6 heteroatoms. The Balaban J connectivity index is 1.55. The lowest BCUT2D eigenvalue weighted by atomic mass is 10.2. The average Bonchev–Trinajstić information content (AvgIpc) is 2.55. The molecule has 0 amide bonds. The lowest BCUT2D eigenvalue weighted by Crippen LogP contribution is -3.14. The van der Waals surface area contributed by atoms with E-state index in [0.717, 1.165) is 39.1 Å². The molecule has 0 bridgehead atoms. The van der Waals surface area contributed by atoms with Crippen LogP contribution in [0, 0.1) is 10.1 Å². The molecule has 1 aliphatic rings. The first kappa shape index (κ1) is 16.7. The van der Waals surface area contributed by atoms with Gasteiger partial charge in [-0.3, -0.25) is 10.1 Å². The highest BCUT2D eigenvalue weighted by Crippen LogP contribution is 2.25. The third kappa shape index (κ3) is 5.61. The van der Waals surface area contributed by atoms with Gasteiger partial charge in [-0.1, -0.05) is 12.1 Å². The van der Waals surface area contributed by atoms with E-state index in [4.69, 9.17) is 9.47 Å². The van der Waals surface area contributed by atoms with Crippen LogP contribution in [0.25, 0.3) is 0 Å². The fraction of sp³-hybridized carbons (Fsp3) is 0.625. The summed E-state index contributed by atoms with van der Waals surface area (Å²) in [6.45, 7) is 5.78. The summed E-state index contributed by atoms with van der Waals surface area (Å²) < 4.78 is 10.9. The Morgan fingerprint density at radius 1 is 1.14 bits per heavy atom. The average molecular weight is 309 g/mol. The molecule has 0 atom stereocenters. The van der Waals surface area contributed by atoms with E-state index >= 15 is 0 Å². The zero-order chi connectivity index (χ0) is 15.6. The topological polar surface area (TPSA) is 66.0 Å². The standard InChI is InChI=1S/C16H24N2O4/c19-18(20)15-7-3-4-8-16(15)22-12-6-2-1-5-9-17-10-13-21-14-11-17/h3-4,7-8H,1-2,5-6,9-14H2/p+1. The van der Waals surface area contributed by atoms with Crippen molar-refractivity contribution in [1.82, 2.24) is 0 Å². The van der Waals surface area contributed by atoms with Gasteiger partial charge >= 0.3 is 5.69 Å². The van der Waals surface area contributed by atoms with Gasteiger partial charge < -0.3 is 14.4 Å². The van der Waals surface area contributed by atoms with Crippen LogP contribution in [-0.4, -0.2) is 44.4 Å². The minimum absolute atomic E-state index is 0.0402. The molecule has 1 fully saturated rings. The molecule has 0 saturated carbocycles. The van der Waals surface area contributed by atoms with E-state index in [-0.39, 0.29) is 5.69 Å². The molecule has 0 aromatic heterocycles. The van der Waals surface area contributed by atoms with Gasteiger partial charge in [-0.15, -0.1) is 0 Å². The first-order valence-electron chi connectivity index (χ1n) is 8.05. The van der Waals surface area contributed by atoms with Gasteiger partial charge in [0.15, 0.2) is 5.75 Å². The summed E-state index contributed by atoms with van der Waals surface area (Å²) in [5.74, 6) is 0.366. The lowest BCUT2D eigenvalue weighted by molar-refractivity contribution is -0.908. The van der Waals surface area contributed by atoms with Crippen LogP contribution in [0.3, 0.4) is 0 Å². The molecule has 1 aliphatic heterocycles. The lowest BCUT2D eigenvalue weighted by Gasteiger charge is -2.23. The summed E-state index contributed by atoms with van der Waals surface area (Å²) in [4.78, 5) is 12.1. The molecule has 0 aliphatic carbocycles. The maximum absolute atomic E-state index is 10.9. The number of para-hydroxylation sites is 2. The monoisotopic (exact) mass is 309 g/mol. The molecule has 1 N–H and O–H groups in total. The second-order valence-corrected chi connectivity index (χ2v) is 5.60. The van der Waals surface area contributed by atoms with E-state index in [1.165, 1.54) is 25.5 Å². The fourth-order valence-electron chi connectivity index (χ4n) is 2.65. The SMILES string of the molecule is O=[N+]([O-])c1ccccc1OCCCCCC[NH+]1CCOCC1. The molecular weight excluding hydrogens is 284 g/mol. The van der Waals surface area contributed by atoms with E-state index in [1.807, 2.05) is 0 Å². The highest BCUT2D eigenvalue weighted by Gasteiger charge is 2.14. The van der Waals surface area contributed by atoms with Gasteiger partial charge in [-0.05, 0) is 31.7 Å². The van der Waals surface area contributed by atoms with Crippen LogP contribution < -0.4 is 9.64 Å². The number of nitrogens with zero attached hydrogens (tertiary/aromatic N) is 1. The van der Waals surface area contributed by atoms with E-state index in [9.17, 15) is 10.1 Å². The van der Waals surface area contributed by atoms with E-state index in [1.54, 1.807) is 23.1 Å². The highest BCUT2D eigenvalue weighted by molar-refractivity contribution is 5.45. The Labute approximate surface area is 131 Å². The molecule has 1 saturated heterocycles. The summed E-state index contributed by atoms with van der Waals surface area (Å²) in [6.07, 6.45) is 4.44. The molecule has 0 spiro atoms. The predicted octanol–water partition coefficient (Wildman–Crippen LogP) is 1.45. The quantitative estimate of drug-likeness (QED) is 0.426. The van der Waals surface area contributed by atoms with Gasteiger partial charge in [0.05, 0.1) is 31.3 Å². The Morgan fingerprint density at radius 2 is 1.86 bits per heavy atom. The molecule has 0 radical (unpaired) electrons. The summed E-state index contributed by atoms with van der Waals surface area (Å²) in [5, 5.41) is 10.9. The second kappa shape index (κ2) is 9.38. The number of rotatable bonds is 9. The Bertz CT molecular complexity index is 461. The van der Waals surface area contributed by atoms with E-state index < -0.39 is 4.92 Å². The molecule has 0 unspecified atom stereocenters. The fourth-order valence-corrected chi connectivity index (χ4v) is 2.65. The molecule has 2 rings (SSSR count). The van der Waals surface area contributed by atoms with Crippen molar-refractivity contribution in [1.29, 1.82) is 0 Å². The minimum Gasteiger partial charge on any atom is -0.487 e. The largest absolute Gasteiger partial charge is 0.487 e. The minimum atomic E-state index is -0.402. The van der Waals surface area contributed by atoms with Gasteiger partial charge in [0, 0.05) is 6.07 Å². The van der Waals surface area contributed by atoms with Crippen molar-refractivity contribution in [3.8, 4) is 5.75 Å². The first-order valence-corrected chi connectivity index (χ1v) is 8.05. The predicted molar refractivity (Wildman–Crippen MR) is 83.4 cm³/mol. The number of nitro groups is 1. The number of morpholine rings is 1. The van der Waals surface area contributed by atoms with E-state index in [0.29, 0.717) is 12.4 Å². The number of unbranched alkanes of at least 4 members (excludes halogenated alkanes) is 3. The third-order valence-corrected chi connectivity index (χ3v) is 3.94. The van der Waals surface area contributed by atoms with Crippen LogP contribution in [0.15, 0.2) is 24.3 Å². The molecule has 22 heavy (non-hydrogen) atoms. The van der Waals surface area contributed by atoms with Crippen LogP contribution in [0.2, 0.25) is 0 Å². The Hall–Kier alpha value is -1.66. The molecular formula is C16H25N2O4+. The van der Waals surface area contributed by atoms with Crippen molar-refractivity contribution in [2.75, 3.05) is 39.5 Å². The molecule has 6 nitrogen and oxygen atoms in total. The van der Waals surface area contributed by atoms with Gasteiger partial charge in [-0.25, -0.2) is 0 Å². The number of benzene rings is 1. The van der Waals surface area contributed by atoms with Crippen molar-refractivity contribution < 1.29 is 19.3 Å². The summed E-state index contributed by atoms with van der Waals surface area (Å²) in [5.41, 5.74) is 0.0402. The van der Waals surface area contributed by atoms with Crippen LogP contribution >= 0.6 is 0 Å². The van der Waals surface area contributed by atoms with Crippen LogP contribution in [-0.2, 0) is 4.74 Å². The Kier molecular flexibility index (Phi) is 7.12. The van der Waals surface area contributed by atoms with Crippen molar-refractivity contribution in [2.24, 2.45) is 0 Å². The maximum atomic E-state index is 10.9. The zero-order valence-corrected chi connectivity index (χ0v) is 13.0. The highest BCUT2D eigenvalue weighted by atomic mass is 16.6. The maximum Gasteiger partial charge on any atom is 0.310 e. The summed E-state index contributed by atoms with van der Waals surface area (Å²) >= 11 is 0. The smallest absolute Gasteiger partial charge is 0.310 e. The number of hydrogen-bond donors (Lipinski definition) is 1. The number of ether oxygens (including phenoxy) is 2. The van der Waals surface area contributed by atoms with Crippen molar-refractivity contribution in [3.05, 3.63) is 34.4 Å². The van der Waals surface area contributed by atoms with Crippen LogP contribution in [0.4, 0.5) is 5.69 Å².